The molecule has 3 aromatic rings. The molecule has 0 fully saturated rings. The number of halogens is 1. The number of hydrogen-bond acceptors (Lipinski definition) is 4. The van der Waals surface area contributed by atoms with Crippen molar-refractivity contribution in [1.29, 1.82) is 0 Å². The number of rotatable bonds is 6. The second-order valence-corrected chi connectivity index (χ2v) is 9.58. The molecule has 0 saturated carbocycles. The highest BCUT2D eigenvalue weighted by atomic mass is 35.5. The molecule has 158 valence electrons. The standard InChI is InChI=1S/C22H25ClN4O2S/c1-14-8-7-11-19(24-14)30-20-13-15(12-18(22(2,3)4)25-21(28)29)26-27(20)17-10-6-5-9-16(17)23/h5-11,13,18,25H,12H2,1-4H3,(H,28,29). The molecule has 1 aromatic carbocycles. The molecule has 0 aliphatic rings. The second-order valence-electron chi connectivity index (χ2n) is 8.13. The van der Waals surface area contributed by atoms with Crippen LogP contribution in [-0.4, -0.2) is 32.0 Å². The predicted molar refractivity (Wildman–Crippen MR) is 120 cm³/mol. The Balaban J connectivity index is 2.01. The lowest BCUT2D eigenvalue weighted by Gasteiger charge is -2.29. The number of para-hydroxylation sites is 1. The van der Waals surface area contributed by atoms with Gasteiger partial charge in [-0.05, 0) is 54.4 Å². The molecule has 0 aliphatic carbocycles. The fourth-order valence-corrected chi connectivity index (χ4v) is 4.18. The van der Waals surface area contributed by atoms with E-state index in [9.17, 15) is 9.90 Å². The summed E-state index contributed by atoms with van der Waals surface area (Å²) in [5.41, 5.74) is 2.21. The quantitative estimate of drug-likeness (QED) is 0.516. The molecule has 0 spiro atoms. The minimum Gasteiger partial charge on any atom is -0.465 e. The highest BCUT2D eigenvalue weighted by Gasteiger charge is 2.28. The topological polar surface area (TPSA) is 80.0 Å². The lowest BCUT2D eigenvalue weighted by Crippen LogP contribution is -2.44. The Morgan fingerprint density at radius 2 is 1.97 bits per heavy atom. The Labute approximate surface area is 185 Å². The van der Waals surface area contributed by atoms with Gasteiger partial charge in [0.1, 0.15) is 10.1 Å². The van der Waals surface area contributed by atoms with Gasteiger partial charge in [-0.1, -0.05) is 50.6 Å². The molecule has 2 heterocycles. The molecule has 1 atom stereocenters. The normalized spacial score (nSPS) is 12.6. The fraction of sp³-hybridized carbons (Fsp3) is 0.318. The molecule has 2 N–H and O–H groups in total. The van der Waals surface area contributed by atoms with Crippen LogP contribution in [0, 0.1) is 12.3 Å². The Morgan fingerprint density at radius 3 is 2.60 bits per heavy atom. The Bertz CT molecular complexity index is 1050. The Kier molecular flexibility index (Phi) is 6.73. The molecule has 3 rings (SSSR count). The van der Waals surface area contributed by atoms with Gasteiger partial charge in [-0.2, -0.15) is 5.10 Å². The van der Waals surface area contributed by atoms with Crippen LogP contribution in [0.1, 0.15) is 32.2 Å². The van der Waals surface area contributed by atoms with E-state index < -0.39 is 6.09 Å². The van der Waals surface area contributed by atoms with Crippen LogP contribution in [0.3, 0.4) is 0 Å². The molecule has 6 nitrogen and oxygen atoms in total. The number of carboxylic acid groups (broad SMARTS) is 1. The van der Waals surface area contributed by atoms with Crippen LogP contribution in [-0.2, 0) is 6.42 Å². The molecule has 0 saturated heterocycles. The summed E-state index contributed by atoms with van der Waals surface area (Å²) in [6.07, 6.45) is -0.582. The van der Waals surface area contributed by atoms with E-state index in [-0.39, 0.29) is 11.5 Å². The van der Waals surface area contributed by atoms with Gasteiger partial charge in [0.25, 0.3) is 0 Å². The van der Waals surface area contributed by atoms with Crippen molar-refractivity contribution in [1.82, 2.24) is 20.1 Å². The van der Waals surface area contributed by atoms with Gasteiger partial charge in [0.15, 0.2) is 0 Å². The number of benzene rings is 1. The average Bonchev–Trinajstić information content (AvgIpc) is 3.02. The van der Waals surface area contributed by atoms with Crippen molar-refractivity contribution >= 4 is 29.5 Å². The summed E-state index contributed by atoms with van der Waals surface area (Å²) >= 11 is 7.93. The van der Waals surface area contributed by atoms with Gasteiger partial charge in [0.2, 0.25) is 0 Å². The average molecular weight is 445 g/mol. The number of pyridine rings is 1. The maximum Gasteiger partial charge on any atom is 0.404 e. The number of carbonyl (C=O) groups is 1. The molecular weight excluding hydrogens is 420 g/mol. The van der Waals surface area contributed by atoms with Crippen molar-refractivity contribution < 1.29 is 9.90 Å². The zero-order valence-corrected chi connectivity index (χ0v) is 19.0. The Morgan fingerprint density at radius 1 is 1.23 bits per heavy atom. The molecule has 0 radical (unpaired) electrons. The predicted octanol–water partition coefficient (Wildman–Crippen LogP) is 5.61. The first-order chi connectivity index (χ1) is 14.1. The van der Waals surface area contributed by atoms with Crippen LogP contribution in [0.5, 0.6) is 0 Å². The minimum atomic E-state index is -1.04. The van der Waals surface area contributed by atoms with E-state index in [1.807, 2.05) is 76.2 Å². The minimum absolute atomic E-state index is 0.266. The van der Waals surface area contributed by atoms with Gasteiger partial charge in [-0.25, -0.2) is 14.5 Å². The van der Waals surface area contributed by atoms with Gasteiger partial charge < -0.3 is 10.4 Å². The SMILES string of the molecule is Cc1cccc(Sc2cc(CC(NC(=O)O)C(C)(C)C)nn2-c2ccccc2Cl)n1. The summed E-state index contributed by atoms with van der Waals surface area (Å²) in [5.74, 6) is 0. The molecule has 8 heteroatoms. The van der Waals surface area contributed by atoms with Crippen molar-refractivity contribution in [3.8, 4) is 5.69 Å². The van der Waals surface area contributed by atoms with E-state index in [4.69, 9.17) is 16.7 Å². The van der Waals surface area contributed by atoms with E-state index >= 15 is 0 Å². The smallest absolute Gasteiger partial charge is 0.404 e. The number of aryl methyl sites for hydroxylation is 1. The molecule has 0 bridgehead atoms. The number of amides is 1. The monoisotopic (exact) mass is 444 g/mol. The van der Waals surface area contributed by atoms with E-state index in [2.05, 4.69) is 10.3 Å². The van der Waals surface area contributed by atoms with Crippen molar-refractivity contribution in [3.05, 3.63) is 64.9 Å². The summed E-state index contributed by atoms with van der Waals surface area (Å²) in [6.45, 7) is 7.97. The third-order valence-corrected chi connectivity index (χ3v) is 5.89. The molecular formula is C22H25ClN4O2S. The van der Waals surface area contributed by atoms with Crippen LogP contribution in [0.25, 0.3) is 5.69 Å². The third kappa shape index (κ3) is 5.55. The highest BCUT2D eigenvalue weighted by molar-refractivity contribution is 7.99. The van der Waals surface area contributed by atoms with Gasteiger partial charge in [-0.15, -0.1) is 0 Å². The van der Waals surface area contributed by atoms with Crippen molar-refractivity contribution in [2.24, 2.45) is 5.41 Å². The zero-order valence-electron chi connectivity index (χ0n) is 17.4. The van der Waals surface area contributed by atoms with Crippen molar-refractivity contribution in [2.45, 2.75) is 50.2 Å². The van der Waals surface area contributed by atoms with E-state index in [0.717, 1.165) is 27.1 Å². The van der Waals surface area contributed by atoms with Crippen LogP contribution < -0.4 is 5.32 Å². The first-order valence-electron chi connectivity index (χ1n) is 9.58. The Hall–Kier alpha value is -2.51. The van der Waals surface area contributed by atoms with Crippen LogP contribution >= 0.6 is 23.4 Å². The number of hydrogen-bond donors (Lipinski definition) is 2. The van der Waals surface area contributed by atoms with Crippen molar-refractivity contribution in [2.75, 3.05) is 0 Å². The molecule has 30 heavy (non-hydrogen) atoms. The number of aromatic nitrogens is 3. The molecule has 0 aliphatic heterocycles. The summed E-state index contributed by atoms with van der Waals surface area (Å²) in [6, 6.07) is 15.1. The second kappa shape index (κ2) is 9.10. The highest BCUT2D eigenvalue weighted by Crippen LogP contribution is 2.32. The summed E-state index contributed by atoms with van der Waals surface area (Å²) in [4.78, 5) is 15.9. The van der Waals surface area contributed by atoms with E-state index in [1.54, 1.807) is 4.68 Å². The summed E-state index contributed by atoms with van der Waals surface area (Å²) in [5, 5.41) is 19.0. The van der Waals surface area contributed by atoms with E-state index in [0.29, 0.717) is 11.4 Å². The van der Waals surface area contributed by atoms with Crippen LogP contribution in [0.2, 0.25) is 5.02 Å². The number of nitrogens with one attached hydrogen (secondary N) is 1. The fourth-order valence-electron chi connectivity index (χ4n) is 2.99. The lowest BCUT2D eigenvalue weighted by atomic mass is 9.84. The zero-order chi connectivity index (χ0) is 21.9. The molecule has 1 unspecified atom stereocenters. The van der Waals surface area contributed by atoms with E-state index in [1.165, 1.54) is 11.8 Å². The third-order valence-electron chi connectivity index (χ3n) is 4.64. The first kappa shape index (κ1) is 22.2. The van der Waals surface area contributed by atoms with Crippen molar-refractivity contribution in [3.63, 3.8) is 0 Å². The van der Waals surface area contributed by atoms with Gasteiger partial charge in [-0.3, -0.25) is 0 Å². The van der Waals surface area contributed by atoms with Crippen LogP contribution in [0.4, 0.5) is 4.79 Å². The van der Waals surface area contributed by atoms with Crippen LogP contribution in [0.15, 0.2) is 58.6 Å². The summed E-state index contributed by atoms with van der Waals surface area (Å²) < 4.78 is 1.80. The summed E-state index contributed by atoms with van der Waals surface area (Å²) in [7, 11) is 0. The maximum atomic E-state index is 11.3. The first-order valence-corrected chi connectivity index (χ1v) is 10.8. The number of nitrogens with zero attached hydrogens (tertiary/aromatic N) is 3. The molecule has 1 amide bonds. The molecule has 2 aromatic heterocycles. The lowest BCUT2D eigenvalue weighted by molar-refractivity contribution is 0.174. The largest absolute Gasteiger partial charge is 0.465 e. The van der Waals surface area contributed by atoms with Gasteiger partial charge in [0, 0.05) is 18.2 Å². The maximum absolute atomic E-state index is 11.3. The van der Waals surface area contributed by atoms with Gasteiger partial charge in [0.05, 0.1) is 16.4 Å². The van der Waals surface area contributed by atoms with Gasteiger partial charge >= 0.3 is 6.09 Å².